The van der Waals surface area contributed by atoms with Gasteiger partial charge in [-0.15, -0.1) is 0 Å². The van der Waals surface area contributed by atoms with Crippen LogP contribution in [0.4, 0.5) is 0 Å². The smallest absolute Gasteiger partial charge is 0.219 e. The van der Waals surface area contributed by atoms with Crippen LogP contribution >= 0.6 is 0 Å². The van der Waals surface area contributed by atoms with Crippen molar-refractivity contribution >= 4 is 5.91 Å². The maximum Gasteiger partial charge on any atom is 0.219 e. The molecule has 3 aliphatic heterocycles. The van der Waals surface area contributed by atoms with E-state index in [4.69, 9.17) is 4.74 Å². The van der Waals surface area contributed by atoms with Crippen molar-refractivity contribution in [3.8, 4) is 0 Å². The second-order valence-electron chi connectivity index (χ2n) is 15.2. The van der Waals surface area contributed by atoms with Crippen LogP contribution in [0, 0.1) is 17.8 Å². The van der Waals surface area contributed by atoms with Crippen molar-refractivity contribution in [1.29, 1.82) is 0 Å². The normalized spacial score (nSPS) is 42.4. The molecule has 8 nitrogen and oxygen atoms in total. The average Bonchev–Trinajstić information content (AvgIpc) is 3.45. The number of amides is 1. The Hall–Kier alpha value is -0.770. The summed E-state index contributed by atoms with van der Waals surface area (Å²) in [6, 6.07) is 2.44. The van der Waals surface area contributed by atoms with Crippen molar-refractivity contribution < 1.29 is 9.53 Å². The van der Waals surface area contributed by atoms with Gasteiger partial charge in [-0.1, -0.05) is 26.2 Å². The molecular formula is C34H62N6O2. The van der Waals surface area contributed by atoms with Crippen LogP contribution in [0.2, 0.25) is 0 Å². The maximum atomic E-state index is 12.4. The zero-order valence-electron chi connectivity index (χ0n) is 27.1. The summed E-state index contributed by atoms with van der Waals surface area (Å²) in [6.07, 6.45) is 17.2. The molecular weight excluding hydrogens is 524 g/mol. The van der Waals surface area contributed by atoms with E-state index in [1.807, 2.05) is 7.11 Å². The summed E-state index contributed by atoms with van der Waals surface area (Å²) in [5.41, 5.74) is 0. The molecule has 0 aromatic carbocycles. The number of carbonyl (C=O) groups excluding carboxylic acids is 1. The highest BCUT2D eigenvalue weighted by atomic mass is 16.5. The SMILES string of the molecule is COC1CC(N2CCN(CC3CCC(C)CC3)CC2)CCC1NC1CC(NC2CCCC3CCN(C(C)=O)C32)CCN1. The molecule has 3 heterocycles. The van der Waals surface area contributed by atoms with E-state index in [9.17, 15) is 4.79 Å². The maximum absolute atomic E-state index is 12.4. The van der Waals surface area contributed by atoms with Crippen LogP contribution in [0.15, 0.2) is 0 Å². The van der Waals surface area contributed by atoms with Gasteiger partial charge < -0.3 is 25.2 Å². The van der Waals surface area contributed by atoms with Crippen molar-refractivity contribution in [3.05, 3.63) is 0 Å². The summed E-state index contributed by atoms with van der Waals surface area (Å²) >= 11 is 0. The fraction of sp³-hybridized carbons (Fsp3) is 0.971. The first-order chi connectivity index (χ1) is 20.5. The van der Waals surface area contributed by atoms with Crippen molar-refractivity contribution in [3.63, 3.8) is 0 Å². The van der Waals surface area contributed by atoms with E-state index in [0.29, 0.717) is 42.3 Å². The monoisotopic (exact) mass is 586 g/mol. The predicted octanol–water partition coefficient (Wildman–Crippen LogP) is 3.41. The fourth-order valence-electron chi connectivity index (χ4n) is 9.90. The highest BCUT2D eigenvalue weighted by Gasteiger charge is 2.44. The van der Waals surface area contributed by atoms with Crippen LogP contribution in [0.3, 0.4) is 0 Å². The third-order valence-electron chi connectivity index (χ3n) is 12.4. The number of nitrogens with zero attached hydrogens (tertiary/aromatic N) is 3. The van der Waals surface area contributed by atoms with E-state index in [2.05, 4.69) is 37.6 Å². The van der Waals surface area contributed by atoms with Crippen LogP contribution in [-0.4, -0.2) is 116 Å². The van der Waals surface area contributed by atoms with Crippen molar-refractivity contribution in [2.24, 2.45) is 17.8 Å². The summed E-state index contributed by atoms with van der Waals surface area (Å²) in [5, 5.41) is 11.9. The molecule has 3 aliphatic carbocycles. The van der Waals surface area contributed by atoms with E-state index < -0.39 is 0 Å². The molecule has 6 fully saturated rings. The van der Waals surface area contributed by atoms with Crippen molar-refractivity contribution in [1.82, 2.24) is 30.7 Å². The Morgan fingerprint density at radius 3 is 2.43 bits per heavy atom. The van der Waals surface area contributed by atoms with E-state index >= 15 is 0 Å². The van der Waals surface area contributed by atoms with Crippen LogP contribution < -0.4 is 16.0 Å². The Kier molecular flexibility index (Phi) is 10.8. The van der Waals surface area contributed by atoms with E-state index in [1.54, 1.807) is 6.92 Å². The first-order valence-electron chi connectivity index (χ1n) is 18.0. The molecule has 8 unspecified atom stereocenters. The van der Waals surface area contributed by atoms with Crippen molar-refractivity contribution in [2.75, 3.05) is 52.9 Å². The summed E-state index contributed by atoms with van der Waals surface area (Å²) in [7, 11) is 1.92. The van der Waals surface area contributed by atoms with Gasteiger partial charge in [-0.2, -0.15) is 0 Å². The van der Waals surface area contributed by atoms with Crippen LogP contribution in [-0.2, 0) is 9.53 Å². The lowest BCUT2D eigenvalue weighted by Crippen LogP contribution is -2.62. The molecule has 3 saturated heterocycles. The lowest BCUT2D eigenvalue weighted by molar-refractivity contribution is -0.131. The molecule has 6 aliphatic rings. The first-order valence-corrected chi connectivity index (χ1v) is 18.0. The minimum absolute atomic E-state index is 0.262. The van der Waals surface area contributed by atoms with Gasteiger partial charge in [0.1, 0.15) is 0 Å². The molecule has 0 aromatic rings. The standard InChI is InChI=1S/C34H62N6O2/c1-24-7-9-26(10-8-24)23-38-17-19-39(20-18-38)29-11-12-30(32(22-29)42-3)37-33-21-28(13-15-35-33)36-31-6-4-5-27-14-16-40(25(2)41)34(27)31/h24,26-37H,4-23H2,1-3H3. The number of hydrogen-bond donors (Lipinski definition) is 3. The van der Waals surface area contributed by atoms with Gasteiger partial charge in [-0.05, 0) is 88.5 Å². The lowest BCUT2D eigenvalue weighted by atomic mass is 9.80. The van der Waals surface area contributed by atoms with Gasteiger partial charge in [0, 0.05) is 83.5 Å². The van der Waals surface area contributed by atoms with Crippen LogP contribution in [0.5, 0.6) is 0 Å². The van der Waals surface area contributed by atoms with Gasteiger partial charge >= 0.3 is 0 Å². The first kappa shape index (κ1) is 31.2. The number of methoxy groups -OCH3 is 1. The lowest BCUT2D eigenvalue weighted by Gasteiger charge is -2.46. The minimum atomic E-state index is 0.262. The zero-order valence-corrected chi connectivity index (χ0v) is 27.1. The van der Waals surface area contributed by atoms with E-state index in [1.165, 1.54) is 103 Å². The Balaban J connectivity index is 0.947. The molecule has 8 atom stereocenters. The number of nitrogens with one attached hydrogen (secondary N) is 3. The molecule has 42 heavy (non-hydrogen) atoms. The molecule has 3 N–H and O–H groups in total. The van der Waals surface area contributed by atoms with Gasteiger partial charge in [-0.25, -0.2) is 0 Å². The Morgan fingerprint density at radius 1 is 0.857 bits per heavy atom. The minimum Gasteiger partial charge on any atom is -0.380 e. The summed E-state index contributed by atoms with van der Waals surface area (Å²) in [6.45, 7) is 12.5. The number of likely N-dealkylation sites (tertiary alicyclic amines) is 1. The number of piperidine rings is 1. The molecule has 3 saturated carbocycles. The molecule has 6 rings (SSSR count). The third-order valence-corrected chi connectivity index (χ3v) is 12.4. The zero-order chi connectivity index (χ0) is 29.1. The van der Waals surface area contributed by atoms with E-state index in [-0.39, 0.29) is 12.0 Å². The Bertz CT molecular complexity index is 859. The van der Waals surface area contributed by atoms with Crippen LogP contribution in [0.25, 0.3) is 0 Å². The second-order valence-corrected chi connectivity index (χ2v) is 15.2. The predicted molar refractivity (Wildman–Crippen MR) is 169 cm³/mol. The van der Waals surface area contributed by atoms with Gasteiger partial charge in [0.2, 0.25) is 5.91 Å². The molecule has 0 bridgehead atoms. The van der Waals surface area contributed by atoms with Gasteiger partial charge in [0.25, 0.3) is 0 Å². The van der Waals surface area contributed by atoms with Gasteiger partial charge in [0.15, 0.2) is 0 Å². The number of rotatable bonds is 8. The fourth-order valence-corrected chi connectivity index (χ4v) is 9.90. The third kappa shape index (κ3) is 7.54. The number of hydrogen-bond acceptors (Lipinski definition) is 7. The highest BCUT2D eigenvalue weighted by Crippen LogP contribution is 2.37. The van der Waals surface area contributed by atoms with Gasteiger partial charge in [0.05, 0.1) is 12.3 Å². The molecule has 0 aromatic heterocycles. The Morgan fingerprint density at radius 2 is 1.67 bits per heavy atom. The second kappa shape index (κ2) is 14.6. The highest BCUT2D eigenvalue weighted by molar-refractivity contribution is 5.74. The number of piperazine rings is 1. The van der Waals surface area contributed by atoms with E-state index in [0.717, 1.165) is 37.8 Å². The van der Waals surface area contributed by atoms with Crippen molar-refractivity contribution in [2.45, 2.75) is 140 Å². The number of carbonyl (C=O) groups is 1. The quantitative estimate of drug-likeness (QED) is 0.403. The molecule has 240 valence electrons. The molecule has 1 amide bonds. The summed E-state index contributed by atoms with van der Waals surface area (Å²) < 4.78 is 6.15. The molecule has 0 spiro atoms. The summed E-state index contributed by atoms with van der Waals surface area (Å²) in [4.78, 5) is 20.1. The van der Waals surface area contributed by atoms with Crippen LogP contribution in [0.1, 0.15) is 97.3 Å². The Labute approximate surface area is 256 Å². The largest absolute Gasteiger partial charge is 0.380 e. The molecule has 8 heteroatoms. The number of ether oxygens (including phenoxy) is 1. The average molecular weight is 587 g/mol. The molecule has 0 radical (unpaired) electrons. The topological polar surface area (TPSA) is 72.1 Å². The number of fused-ring (bicyclic) bond motifs is 1. The van der Waals surface area contributed by atoms with Gasteiger partial charge in [-0.3, -0.25) is 15.0 Å². The summed E-state index contributed by atoms with van der Waals surface area (Å²) in [5.74, 6) is 2.84.